The molecule has 2 amide bonds. The molecule has 24 heavy (non-hydrogen) atoms. The Morgan fingerprint density at radius 1 is 0.708 bits per heavy atom. The third-order valence-electron chi connectivity index (χ3n) is 3.95. The Labute approximate surface area is 138 Å². The number of carbonyl (C=O) groups excluding carboxylic acids is 2. The lowest BCUT2D eigenvalue weighted by Crippen LogP contribution is -2.36. The molecule has 4 rings (SSSR count). The van der Waals surface area contributed by atoms with Crippen LogP contribution < -0.4 is 9.80 Å². The molecule has 0 spiro atoms. The highest BCUT2D eigenvalue weighted by Crippen LogP contribution is 2.46. The Balaban J connectivity index is 2.10. The Morgan fingerprint density at radius 3 is 1.46 bits per heavy atom. The number of rotatable bonds is 0. The summed E-state index contributed by atoms with van der Waals surface area (Å²) >= 11 is 0. The number of anilines is 4. The van der Waals surface area contributed by atoms with Gasteiger partial charge in [0.15, 0.2) is 11.6 Å². The van der Waals surface area contributed by atoms with Gasteiger partial charge in [-0.25, -0.2) is 9.97 Å². The highest BCUT2D eigenvalue weighted by atomic mass is 16.2. The lowest BCUT2D eigenvalue weighted by Gasteiger charge is -2.35. The average molecular weight is 318 g/mol. The van der Waals surface area contributed by atoms with Crippen LogP contribution in [0.4, 0.5) is 23.0 Å². The Hall–Kier alpha value is -3.28. The van der Waals surface area contributed by atoms with Gasteiger partial charge in [-0.2, -0.15) is 0 Å². The van der Waals surface area contributed by atoms with E-state index >= 15 is 0 Å². The fraction of sp³-hybridized carbons (Fsp3) is 0.111. The number of hydrogen-bond acceptors (Lipinski definition) is 4. The van der Waals surface area contributed by atoms with Crippen LogP contribution in [0.1, 0.15) is 13.8 Å². The summed E-state index contributed by atoms with van der Waals surface area (Å²) < 4.78 is 0. The molecule has 3 aromatic rings. The smallest absolute Gasteiger partial charge is 0.229 e. The monoisotopic (exact) mass is 318 g/mol. The van der Waals surface area contributed by atoms with Crippen molar-refractivity contribution in [2.45, 2.75) is 13.8 Å². The van der Waals surface area contributed by atoms with Crippen molar-refractivity contribution in [3.63, 3.8) is 0 Å². The zero-order valence-electron chi connectivity index (χ0n) is 13.2. The quantitative estimate of drug-likeness (QED) is 0.638. The molecule has 0 atom stereocenters. The number of carbonyl (C=O) groups is 2. The third-order valence-corrected chi connectivity index (χ3v) is 3.95. The molecule has 0 N–H and O–H groups in total. The van der Waals surface area contributed by atoms with Gasteiger partial charge < -0.3 is 0 Å². The van der Waals surface area contributed by atoms with Gasteiger partial charge in [0.2, 0.25) is 11.8 Å². The Kier molecular flexibility index (Phi) is 3.06. The number of amides is 2. The first-order chi connectivity index (χ1) is 11.6. The van der Waals surface area contributed by atoms with Crippen molar-refractivity contribution in [3.05, 3.63) is 48.5 Å². The van der Waals surface area contributed by atoms with E-state index in [0.29, 0.717) is 34.0 Å². The van der Waals surface area contributed by atoms with E-state index in [1.165, 1.54) is 23.6 Å². The topological polar surface area (TPSA) is 66.4 Å². The fourth-order valence-electron chi connectivity index (χ4n) is 2.99. The predicted molar refractivity (Wildman–Crippen MR) is 91.6 cm³/mol. The van der Waals surface area contributed by atoms with Crippen LogP contribution in [0.3, 0.4) is 0 Å². The second-order valence-electron chi connectivity index (χ2n) is 5.56. The van der Waals surface area contributed by atoms with Crippen molar-refractivity contribution in [3.8, 4) is 0 Å². The second kappa shape index (κ2) is 5.13. The molecule has 0 radical (unpaired) electrons. The van der Waals surface area contributed by atoms with Crippen molar-refractivity contribution in [2.24, 2.45) is 0 Å². The average Bonchev–Trinajstić information content (AvgIpc) is 2.57. The van der Waals surface area contributed by atoms with Gasteiger partial charge in [0.05, 0.1) is 22.4 Å². The first-order valence-electron chi connectivity index (χ1n) is 7.55. The molecule has 6 nitrogen and oxygen atoms in total. The van der Waals surface area contributed by atoms with Gasteiger partial charge in [-0.1, -0.05) is 24.3 Å². The summed E-state index contributed by atoms with van der Waals surface area (Å²) in [6, 6.07) is 14.6. The minimum absolute atomic E-state index is 0.184. The van der Waals surface area contributed by atoms with Gasteiger partial charge in [0.1, 0.15) is 0 Å². The molecular formula is C18H14N4O2. The van der Waals surface area contributed by atoms with Crippen molar-refractivity contribution in [2.75, 3.05) is 9.80 Å². The van der Waals surface area contributed by atoms with Crippen LogP contribution in [-0.2, 0) is 9.59 Å². The number of nitrogens with zero attached hydrogens (tertiary/aromatic N) is 4. The maximum Gasteiger partial charge on any atom is 0.229 e. The number of aromatic nitrogens is 2. The lowest BCUT2D eigenvalue weighted by molar-refractivity contribution is -0.117. The molecule has 1 aromatic heterocycles. The van der Waals surface area contributed by atoms with Gasteiger partial charge in [-0.05, 0) is 24.3 Å². The van der Waals surface area contributed by atoms with Crippen molar-refractivity contribution < 1.29 is 9.59 Å². The van der Waals surface area contributed by atoms with E-state index in [4.69, 9.17) is 0 Å². The van der Waals surface area contributed by atoms with Crippen LogP contribution in [0.25, 0.3) is 11.0 Å². The standard InChI is InChI=1S/C18H14N4O2/c1-11(23)21-15-9-5-6-10-16(15)22(12(2)24)18-17(21)19-13-7-3-4-8-14(13)20-18/h3-10H,1-2H3. The summed E-state index contributed by atoms with van der Waals surface area (Å²) in [6.07, 6.45) is 0. The molecule has 2 heterocycles. The number of fused-ring (bicyclic) bond motifs is 3. The molecule has 6 heteroatoms. The molecular weight excluding hydrogens is 304 g/mol. The van der Waals surface area contributed by atoms with Gasteiger partial charge in [0, 0.05) is 13.8 Å². The summed E-state index contributed by atoms with van der Waals surface area (Å²) in [6.45, 7) is 2.95. The van der Waals surface area contributed by atoms with Gasteiger partial charge in [-0.3, -0.25) is 19.4 Å². The summed E-state index contributed by atoms with van der Waals surface area (Å²) in [5, 5.41) is 0. The zero-order valence-corrected chi connectivity index (χ0v) is 13.2. The number of hydrogen-bond donors (Lipinski definition) is 0. The lowest BCUT2D eigenvalue weighted by atomic mass is 10.1. The first-order valence-corrected chi connectivity index (χ1v) is 7.55. The molecule has 0 saturated heterocycles. The molecule has 1 aliphatic rings. The largest absolute Gasteiger partial charge is 0.274 e. The van der Waals surface area contributed by atoms with E-state index in [-0.39, 0.29) is 11.8 Å². The fourth-order valence-corrected chi connectivity index (χ4v) is 2.99. The van der Waals surface area contributed by atoms with Crippen molar-refractivity contribution >= 4 is 45.9 Å². The minimum Gasteiger partial charge on any atom is -0.274 e. The first kappa shape index (κ1) is 14.3. The molecule has 0 fully saturated rings. The van der Waals surface area contributed by atoms with Crippen LogP contribution in [0, 0.1) is 0 Å². The third kappa shape index (κ3) is 1.96. The van der Waals surface area contributed by atoms with E-state index in [2.05, 4.69) is 9.97 Å². The van der Waals surface area contributed by atoms with Crippen molar-refractivity contribution in [1.82, 2.24) is 9.97 Å². The van der Waals surface area contributed by atoms with Crippen LogP contribution in [-0.4, -0.2) is 21.8 Å². The highest BCUT2D eigenvalue weighted by molar-refractivity contribution is 6.14. The van der Waals surface area contributed by atoms with Gasteiger partial charge in [-0.15, -0.1) is 0 Å². The molecule has 0 unspecified atom stereocenters. The Bertz CT molecular complexity index is 920. The van der Waals surface area contributed by atoms with E-state index in [9.17, 15) is 9.59 Å². The predicted octanol–water partition coefficient (Wildman–Crippen LogP) is 3.31. The molecule has 0 bridgehead atoms. The van der Waals surface area contributed by atoms with Crippen molar-refractivity contribution in [1.29, 1.82) is 0 Å². The molecule has 118 valence electrons. The summed E-state index contributed by atoms with van der Waals surface area (Å²) in [5.41, 5.74) is 2.59. The molecule has 1 aliphatic heterocycles. The second-order valence-corrected chi connectivity index (χ2v) is 5.56. The zero-order chi connectivity index (χ0) is 16.8. The highest BCUT2D eigenvalue weighted by Gasteiger charge is 2.35. The van der Waals surface area contributed by atoms with Crippen LogP contribution in [0.5, 0.6) is 0 Å². The minimum atomic E-state index is -0.184. The maximum absolute atomic E-state index is 12.3. The summed E-state index contributed by atoms with van der Waals surface area (Å²) in [4.78, 5) is 36.8. The van der Waals surface area contributed by atoms with Crippen LogP contribution in [0.2, 0.25) is 0 Å². The normalized spacial score (nSPS) is 12.8. The maximum atomic E-state index is 12.3. The van der Waals surface area contributed by atoms with Crippen LogP contribution in [0.15, 0.2) is 48.5 Å². The van der Waals surface area contributed by atoms with E-state index in [1.807, 2.05) is 36.4 Å². The van der Waals surface area contributed by atoms with Gasteiger partial charge in [0.25, 0.3) is 0 Å². The molecule has 2 aromatic carbocycles. The Morgan fingerprint density at radius 2 is 1.08 bits per heavy atom. The number of para-hydroxylation sites is 4. The van der Waals surface area contributed by atoms with E-state index in [0.717, 1.165) is 0 Å². The molecule has 0 aliphatic carbocycles. The van der Waals surface area contributed by atoms with Gasteiger partial charge >= 0.3 is 0 Å². The number of benzene rings is 2. The van der Waals surface area contributed by atoms with E-state index in [1.54, 1.807) is 12.1 Å². The van der Waals surface area contributed by atoms with Crippen LogP contribution >= 0.6 is 0 Å². The summed E-state index contributed by atoms with van der Waals surface area (Å²) in [5.74, 6) is 0.373. The van der Waals surface area contributed by atoms with E-state index < -0.39 is 0 Å². The SMILES string of the molecule is CC(=O)N1c2ccccc2N(C(C)=O)c2nc3ccccc3nc21. The molecule has 0 saturated carbocycles. The summed E-state index contributed by atoms with van der Waals surface area (Å²) in [7, 11) is 0.